The van der Waals surface area contributed by atoms with E-state index in [0.29, 0.717) is 12.2 Å². The highest BCUT2D eigenvalue weighted by molar-refractivity contribution is 5.61. The number of anilines is 1. The van der Waals surface area contributed by atoms with Crippen LogP contribution in [0.1, 0.15) is 39.0 Å². The summed E-state index contributed by atoms with van der Waals surface area (Å²) in [6, 6.07) is 3.59. The van der Waals surface area contributed by atoms with Gasteiger partial charge in [0, 0.05) is 6.54 Å². The van der Waals surface area contributed by atoms with Gasteiger partial charge in [0.1, 0.15) is 11.5 Å². The van der Waals surface area contributed by atoms with Crippen LogP contribution in [-0.4, -0.2) is 11.5 Å². The Labute approximate surface area is 106 Å². The van der Waals surface area contributed by atoms with E-state index >= 15 is 0 Å². The summed E-state index contributed by atoms with van der Waals surface area (Å²) in [5, 5.41) is 13.7. The van der Waals surface area contributed by atoms with E-state index in [1.165, 1.54) is 31.4 Å². The number of unbranched alkanes of at least 4 members (excludes halogenated alkanes) is 4. The molecule has 0 aliphatic carbocycles. The molecule has 0 radical (unpaired) electrons. The van der Waals surface area contributed by atoms with Crippen LogP contribution in [0.2, 0.25) is 0 Å². The van der Waals surface area contributed by atoms with Gasteiger partial charge >= 0.3 is 0 Å². The first kappa shape index (κ1) is 14.4. The first-order chi connectivity index (χ1) is 8.65. The Bertz CT molecular complexity index is 397. The Morgan fingerprint density at radius 2 is 2.00 bits per heavy atom. The third-order valence-corrected chi connectivity index (χ3v) is 2.75. The summed E-state index contributed by atoms with van der Waals surface area (Å²) in [6.07, 6.45) is 5.67. The lowest BCUT2D eigenvalue weighted by Crippen LogP contribution is -2.04. The molecule has 0 unspecified atom stereocenters. The van der Waals surface area contributed by atoms with Gasteiger partial charge in [0.25, 0.3) is 5.69 Å². The predicted molar refractivity (Wildman–Crippen MR) is 70.3 cm³/mol. The smallest absolute Gasteiger partial charge is 0.295 e. The summed E-state index contributed by atoms with van der Waals surface area (Å²) in [5.41, 5.74) is 0.181. The fourth-order valence-electron chi connectivity index (χ4n) is 1.76. The molecule has 0 atom stereocenters. The number of rotatable bonds is 8. The van der Waals surface area contributed by atoms with Crippen LogP contribution in [0, 0.1) is 15.9 Å². The first-order valence-electron chi connectivity index (χ1n) is 6.33. The van der Waals surface area contributed by atoms with Crippen LogP contribution in [-0.2, 0) is 0 Å². The van der Waals surface area contributed by atoms with Crippen molar-refractivity contribution in [1.82, 2.24) is 0 Å². The van der Waals surface area contributed by atoms with Gasteiger partial charge in [-0.1, -0.05) is 32.6 Å². The first-order valence-corrected chi connectivity index (χ1v) is 6.33. The summed E-state index contributed by atoms with van der Waals surface area (Å²) < 4.78 is 12.9. The van der Waals surface area contributed by atoms with E-state index in [0.717, 1.165) is 18.9 Å². The number of hydrogen-bond donors (Lipinski definition) is 1. The molecule has 0 saturated carbocycles. The minimum absolute atomic E-state index is 0.205. The Kier molecular flexibility index (Phi) is 6.11. The lowest BCUT2D eigenvalue weighted by molar-refractivity contribution is -0.384. The minimum Gasteiger partial charge on any atom is -0.379 e. The van der Waals surface area contributed by atoms with Crippen LogP contribution in [0.15, 0.2) is 18.2 Å². The van der Waals surface area contributed by atoms with Gasteiger partial charge in [-0.3, -0.25) is 10.1 Å². The Morgan fingerprint density at radius 3 is 2.67 bits per heavy atom. The van der Waals surface area contributed by atoms with Gasteiger partial charge in [0.05, 0.1) is 11.0 Å². The van der Waals surface area contributed by atoms with Crippen LogP contribution >= 0.6 is 0 Å². The van der Waals surface area contributed by atoms with Crippen LogP contribution < -0.4 is 5.32 Å². The highest BCUT2D eigenvalue weighted by Gasteiger charge is 2.13. The monoisotopic (exact) mass is 254 g/mol. The number of benzene rings is 1. The normalized spacial score (nSPS) is 10.3. The highest BCUT2D eigenvalue weighted by Crippen LogP contribution is 2.24. The van der Waals surface area contributed by atoms with E-state index in [4.69, 9.17) is 0 Å². The number of nitro benzene ring substituents is 1. The zero-order valence-corrected chi connectivity index (χ0v) is 10.6. The van der Waals surface area contributed by atoms with Crippen molar-refractivity contribution in [2.45, 2.75) is 39.0 Å². The van der Waals surface area contributed by atoms with Crippen molar-refractivity contribution < 1.29 is 9.31 Å². The van der Waals surface area contributed by atoms with Crippen molar-refractivity contribution in [3.8, 4) is 0 Å². The van der Waals surface area contributed by atoms with Crippen LogP contribution in [0.4, 0.5) is 15.8 Å². The second-order valence-corrected chi connectivity index (χ2v) is 4.26. The fourth-order valence-corrected chi connectivity index (χ4v) is 1.76. The Hall–Kier alpha value is -1.65. The highest BCUT2D eigenvalue weighted by atomic mass is 19.1. The molecule has 4 nitrogen and oxygen atoms in total. The molecule has 0 heterocycles. The topological polar surface area (TPSA) is 55.2 Å². The van der Waals surface area contributed by atoms with Gasteiger partial charge in [-0.2, -0.15) is 0 Å². The van der Waals surface area contributed by atoms with Crippen molar-refractivity contribution in [1.29, 1.82) is 0 Å². The second-order valence-electron chi connectivity index (χ2n) is 4.26. The summed E-state index contributed by atoms with van der Waals surface area (Å²) in [5.74, 6) is -0.588. The van der Waals surface area contributed by atoms with Crippen molar-refractivity contribution in [2.24, 2.45) is 0 Å². The van der Waals surface area contributed by atoms with E-state index in [9.17, 15) is 14.5 Å². The summed E-state index contributed by atoms with van der Waals surface area (Å²) >= 11 is 0. The maximum absolute atomic E-state index is 12.9. The third-order valence-electron chi connectivity index (χ3n) is 2.75. The van der Waals surface area contributed by atoms with E-state index in [1.54, 1.807) is 0 Å². The minimum atomic E-state index is -0.588. The molecule has 0 amide bonds. The molecule has 18 heavy (non-hydrogen) atoms. The van der Waals surface area contributed by atoms with E-state index in [-0.39, 0.29) is 5.69 Å². The van der Waals surface area contributed by atoms with E-state index < -0.39 is 10.7 Å². The molecular formula is C13H19FN2O2. The van der Waals surface area contributed by atoms with E-state index in [2.05, 4.69) is 12.2 Å². The molecule has 0 fully saturated rings. The van der Waals surface area contributed by atoms with E-state index in [1.807, 2.05) is 0 Å². The van der Waals surface area contributed by atoms with Gasteiger partial charge in [-0.05, 0) is 18.6 Å². The molecule has 0 aliphatic rings. The van der Waals surface area contributed by atoms with Crippen molar-refractivity contribution in [3.05, 3.63) is 34.1 Å². The summed E-state index contributed by atoms with van der Waals surface area (Å²) in [6.45, 7) is 2.83. The number of nitro groups is 1. The van der Waals surface area contributed by atoms with Crippen LogP contribution in [0.25, 0.3) is 0 Å². The summed E-state index contributed by atoms with van der Waals surface area (Å²) in [4.78, 5) is 10.2. The molecule has 0 saturated heterocycles. The van der Waals surface area contributed by atoms with Crippen molar-refractivity contribution in [2.75, 3.05) is 11.9 Å². The molecule has 0 bridgehead atoms. The van der Waals surface area contributed by atoms with Gasteiger partial charge < -0.3 is 5.32 Å². The molecule has 5 heteroatoms. The van der Waals surface area contributed by atoms with Crippen molar-refractivity contribution >= 4 is 11.4 Å². The van der Waals surface area contributed by atoms with Gasteiger partial charge in [-0.15, -0.1) is 0 Å². The Balaban J connectivity index is 2.44. The average Bonchev–Trinajstić information content (AvgIpc) is 2.35. The average molecular weight is 254 g/mol. The quantitative estimate of drug-likeness (QED) is 0.431. The molecule has 100 valence electrons. The molecule has 1 aromatic rings. The van der Waals surface area contributed by atoms with Gasteiger partial charge in [0.15, 0.2) is 0 Å². The van der Waals surface area contributed by atoms with Crippen molar-refractivity contribution in [3.63, 3.8) is 0 Å². The zero-order chi connectivity index (χ0) is 13.4. The lowest BCUT2D eigenvalue weighted by Gasteiger charge is -2.06. The van der Waals surface area contributed by atoms with Gasteiger partial charge in [-0.25, -0.2) is 4.39 Å². The molecule has 0 aromatic heterocycles. The second kappa shape index (κ2) is 7.63. The number of halogens is 1. The number of hydrogen-bond acceptors (Lipinski definition) is 3. The largest absolute Gasteiger partial charge is 0.379 e. The lowest BCUT2D eigenvalue weighted by atomic mass is 10.1. The van der Waals surface area contributed by atoms with Gasteiger partial charge in [0.2, 0.25) is 0 Å². The molecule has 0 spiro atoms. The maximum Gasteiger partial charge on any atom is 0.295 e. The van der Waals surface area contributed by atoms with Crippen LogP contribution in [0.5, 0.6) is 0 Å². The SMILES string of the molecule is CCCCCCCNc1ccc(F)cc1[N+](=O)[O-]. The molecular weight excluding hydrogens is 235 g/mol. The zero-order valence-electron chi connectivity index (χ0n) is 10.6. The summed E-state index contributed by atoms with van der Waals surface area (Å²) in [7, 11) is 0. The number of nitrogens with zero attached hydrogens (tertiary/aromatic N) is 1. The third kappa shape index (κ3) is 4.69. The molecule has 0 aliphatic heterocycles. The maximum atomic E-state index is 12.9. The molecule has 1 rings (SSSR count). The standard InChI is InChI=1S/C13H19FN2O2/c1-2-3-4-5-6-9-15-12-8-7-11(14)10-13(12)16(17)18/h7-8,10,15H,2-6,9H2,1H3. The number of nitrogens with one attached hydrogen (secondary N) is 1. The molecule has 1 N–H and O–H groups in total. The van der Waals surface area contributed by atoms with Crippen LogP contribution in [0.3, 0.4) is 0 Å². The fraction of sp³-hybridized carbons (Fsp3) is 0.538. The Morgan fingerprint density at radius 1 is 1.28 bits per heavy atom. The molecule has 1 aromatic carbocycles. The predicted octanol–water partition coefficient (Wildman–Crippen LogP) is 4.12.